The van der Waals surface area contributed by atoms with Crippen molar-refractivity contribution >= 4 is 59.5 Å². The van der Waals surface area contributed by atoms with Crippen molar-refractivity contribution in [3.8, 4) is 17.6 Å². The van der Waals surface area contributed by atoms with Crippen LogP contribution in [0.1, 0.15) is 5.56 Å². The molecule has 0 saturated carbocycles. The summed E-state index contributed by atoms with van der Waals surface area (Å²) < 4.78 is 5.16. The standard InChI is InChI=1S/C30H17BrN4/c31-25-18-33-30(15-19(25)17-32)35-28-12-6-3-9-23(28)24-16-20(13-14-29(24)35)34-26-10-4-1-7-21(26)22-8-2-5-11-27(22)34/h1-16,18H. The molecule has 5 heteroatoms. The van der Waals surface area contributed by atoms with E-state index in [4.69, 9.17) is 0 Å². The lowest BCUT2D eigenvalue weighted by Gasteiger charge is -2.10. The highest BCUT2D eigenvalue weighted by molar-refractivity contribution is 9.10. The van der Waals surface area contributed by atoms with Gasteiger partial charge in [-0.15, -0.1) is 0 Å². The Morgan fingerprint density at radius 3 is 1.80 bits per heavy atom. The van der Waals surface area contributed by atoms with Crippen LogP contribution in [0.4, 0.5) is 0 Å². The van der Waals surface area contributed by atoms with Crippen LogP contribution < -0.4 is 0 Å². The van der Waals surface area contributed by atoms with Gasteiger partial charge in [-0.1, -0.05) is 54.6 Å². The lowest BCUT2D eigenvalue weighted by atomic mass is 10.1. The summed E-state index contributed by atoms with van der Waals surface area (Å²) in [7, 11) is 0. The van der Waals surface area contributed by atoms with Gasteiger partial charge in [0.2, 0.25) is 0 Å². The quantitative estimate of drug-likeness (QED) is 0.236. The molecule has 3 heterocycles. The summed E-state index contributed by atoms with van der Waals surface area (Å²) in [6.45, 7) is 0. The molecular formula is C30H17BrN4. The first-order chi connectivity index (χ1) is 17.2. The average molecular weight is 513 g/mol. The number of rotatable bonds is 2. The molecule has 7 rings (SSSR count). The summed E-state index contributed by atoms with van der Waals surface area (Å²) in [6, 6.07) is 36.1. The van der Waals surface area contributed by atoms with Gasteiger partial charge in [0, 0.05) is 39.5 Å². The monoisotopic (exact) mass is 512 g/mol. The number of benzene rings is 4. The van der Waals surface area contributed by atoms with Crippen molar-refractivity contribution in [3.63, 3.8) is 0 Å². The number of halogens is 1. The summed E-state index contributed by atoms with van der Waals surface area (Å²) in [6.07, 6.45) is 1.70. The van der Waals surface area contributed by atoms with Crippen LogP contribution in [0, 0.1) is 11.3 Å². The van der Waals surface area contributed by atoms with Crippen molar-refractivity contribution in [2.45, 2.75) is 0 Å². The van der Waals surface area contributed by atoms with Crippen molar-refractivity contribution < 1.29 is 0 Å². The van der Waals surface area contributed by atoms with Crippen LogP contribution >= 0.6 is 15.9 Å². The van der Waals surface area contributed by atoms with Gasteiger partial charge < -0.3 is 4.57 Å². The first-order valence-electron chi connectivity index (χ1n) is 11.3. The smallest absolute Gasteiger partial charge is 0.138 e. The summed E-state index contributed by atoms with van der Waals surface area (Å²) in [5.41, 5.74) is 6.15. The maximum atomic E-state index is 9.56. The van der Waals surface area contributed by atoms with Gasteiger partial charge in [0.05, 0.1) is 32.1 Å². The highest BCUT2D eigenvalue weighted by Gasteiger charge is 2.17. The van der Waals surface area contributed by atoms with E-state index in [-0.39, 0.29) is 0 Å². The third-order valence-electron chi connectivity index (χ3n) is 6.68. The van der Waals surface area contributed by atoms with Gasteiger partial charge in [-0.3, -0.25) is 4.57 Å². The minimum atomic E-state index is 0.558. The highest BCUT2D eigenvalue weighted by atomic mass is 79.9. The molecule has 35 heavy (non-hydrogen) atoms. The second-order valence-corrected chi connectivity index (χ2v) is 9.41. The Bertz CT molecular complexity index is 1930. The maximum Gasteiger partial charge on any atom is 0.138 e. The van der Waals surface area contributed by atoms with Crippen molar-refractivity contribution in [1.82, 2.24) is 14.1 Å². The van der Waals surface area contributed by atoms with E-state index in [0.29, 0.717) is 10.0 Å². The summed E-state index contributed by atoms with van der Waals surface area (Å²) >= 11 is 3.43. The molecule has 7 aromatic rings. The molecule has 4 nitrogen and oxygen atoms in total. The molecule has 4 aromatic carbocycles. The molecule has 0 amide bonds. The lowest BCUT2D eigenvalue weighted by Crippen LogP contribution is -1.99. The van der Waals surface area contributed by atoms with E-state index in [1.165, 1.54) is 21.8 Å². The van der Waals surface area contributed by atoms with E-state index < -0.39 is 0 Å². The number of aromatic nitrogens is 3. The van der Waals surface area contributed by atoms with Crippen molar-refractivity contribution in [2.24, 2.45) is 0 Å². The van der Waals surface area contributed by atoms with Crippen LogP contribution in [0.3, 0.4) is 0 Å². The van der Waals surface area contributed by atoms with E-state index in [0.717, 1.165) is 33.3 Å². The van der Waals surface area contributed by atoms with Gasteiger partial charge in [-0.05, 0) is 52.3 Å². The molecule has 0 N–H and O–H groups in total. The fourth-order valence-electron chi connectivity index (χ4n) is 5.18. The third-order valence-corrected chi connectivity index (χ3v) is 7.32. The minimum Gasteiger partial charge on any atom is -0.309 e. The molecule has 0 bridgehead atoms. The van der Waals surface area contributed by atoms with Crippen LogP contribution in [0.5, 0.6) is 0 Å². The van der Waals surface area contributed by atoms with E-state index >= 15 is 0 Å². The second-order valence-electron chi connectivity index (χ2n) is 8.56. The SMILES string of the molecule is N#Cc1cc(-n2c3ccccc3c3cc(-n4c5ccccc5c5ccccc54)ccc32)ncc1Br. The number of nitriles is 1. The summed E-state index contributed by atoms with van der Waals surface area (Å²) in [5.74, 6) is 0.723. The molecule has 164 valence electrons. The van der Waals surface area contributed by atoms with Crippen LogP contribution in [-0.2, 0) is 0 Å². The van der Waals surface area contributed by atoms with E-state index in [2.05, 4.69) is 121 Å². The molecule has 0 spiro atoms. The number of hydrogen-bond acceptors (Lipinski definition) is 2. The van der Waals surface area contributed by atoms with Crippen molar-refractivity contribution in [1.29, 1.82) is 5.26 Å². The molecule has 3 aromatic heterocycles. The maximum absolute atomic E-state index is 9.56. The van der Waals surface area contributed by atoms with Gasteiger partial charge in [-0.2, -0.15) is 5.26 Å². The molecular weight excluding hydrogens is 496 g/mol. The number of nitrogens with zero attached hydrogens (tertiary/aromatic N) is 4. The Labute approximate surface area is 209 Å². The largest absolute Gasteiger partial charge is 0.309 e. The average Bonchev–Trinajstić information content (AvgIpc) is 3.42. The number of fused-ring (bicyclic) bond motifs is 6. The molecule has 0 aliphatic rings. The molecule has 0 aliphatic heterocycles. The zero-order chi connectivity index (χ0) is 23.5. The molecule has 0 radical (unpaired) electrons. The van der Waals surface area contributed by atoms with Crippen LogP contribution in [-0.4, -0.2) is 14.1 Å². The molecule has 0 saturated heterocycles. The molecule has 0 fully saturated rings. The first kappa shape index (κ1) is 20.0. The Balaban J connectivity index is 1.56. The second kappa shape index (κ2) is 7.56. The molecule has 0 atom stereocenters. The van der Waals surface area contributed by atoms with Gasteiger partial charge in [0.15, 0.2) is 0 Å². The Morgan fingerprint density at radius 2 is 1.17 bits per heavy atom. The third kappa shape index (κ3) is 2.87. The summed E-state index contributed by atoms with van der Waals surface area (Å²) in [4.78, 5) is 4.64. The predicted octanol–water partition coefficient (Wildman–Crippen LogP) is 7.91. The minimum absolute atomic E-state index is 0.558. The first-order valence-corrected chi connectivity index (χ1v) is 12.1. The lowest BCUT2D eigenvalue weighted by molar-refractivity contribution is 1.07. The van der Waals surface area contributed by atoms with Crippen molar-refractivity contribution in [2.75, 3.05) is 0 Å². The zero-order valence-electron chi connectivity index (χ0n) is 18.5. The van der Waals surface area contributed by atoms with Crippen LogP contribution in [0.2, 0.25) is 0 Å². The predicted molar refractivity (Wildman–Crippen MR) is 145 cm³/mol. The fourth-order valence-corrected chi connectivity index (χ4v) is 5.49. The highest BCUT2D eigenvalue weighted by Crippen LogP contribution is 2.36. The zero-order valence-corrected chi connectivity index (χ0v) is 20.1. The van der Waals surface area contributed by atoms with E-state index in [1.807, 2.05) is 12.1 Å². The van der Waals surface area contributed by atoms with Crippen molar-refractivity contribution in [3.05, 3.63) is 113 Å². The Kier molecular flexibility index (Phi) is 4.32. The molecule has 0 aliphatic carbocycles. The van der Waals surface area contributed by atoms with Gasteiger partial charge >= 0.3 is 0 Å². The number of hydrogen-bond donors (Lipinski definition) is 0. The van der Waals surface area contributed by atoms with Gasteiger partial charge in [0.25, 0.3) is 0 Å². The molecule has 0 unspecified atom stereocenters. The van der Waals surface area contributed by atoms with Gasteiger partial charge in [0.1, 0.15) is 11.9 Å². The number of para-hydroxylation sites is 3. The summed E-state index contributed by atoms with van der Waals surface area (Å²) in [5, 5.41) is 14.3. The van der Waals surface area contributed by atoms with Gasteiger partial charge in [-0.25, -0.2) is 4.98 Å². The number of pyridine rings is 1. The van der Waals surface area contributed by atoms with Crippen LogP contribution in [0.15, 0.2) is 108 Å². The normalized spacial score (nSPS) is 11.5. The Hall–Kier alpha value is -4.40. The van der Waals surface area contributed by atoms with E-state index in [1.54, 1.807) is 6.20 Å². The topological polar surface area (TPSA) is 46.5 Å². The Morgan fingerprint density at radius 1 is 0.629 bits per heavy atom. The fraction of sp³-hybridized carbons (Fsp3) is 0. The van der Waals surface area contributed by atoms with Crippen LogP contribution in [0.25, 0.3) is 55.1 Å². The van der Waals surface area contributed by atoms with E-state index in [9.17, 15) is 5.26 Å².